The molecule has 0 saturated carbocycles. The average Bonchev–Trinajstić information content (AvgIpc) is 3.31. The molecule has 1 amide bonds. The lowest BCUT2D eigenvalue weighted by molar-refractivity contribution is -0.870. The lowest BCUT2D eigenvalue weighted by Gasteiger charge is -2.25. The maximum atomic E-state index is 13.0. The van der Waals surface area contributed by atoms with Gasteiger partial charge in [-0.2, -0.15) is 0 Å². The Morgan fingerprint density at radius 2 is 0.841 bits per heavy atom. The van der Waals surface area contributed by atoms with E-state index >= 15 is 0 Å². The first-order valence-corrected chi connectivity index (χ1v) is 31.0. The Morgan fingerprint density at radius 3 is 1.28 bits per heavy atom. The number of amides is 1. The summed E-state index contributed by atoms with van der Waals surface area (Å²) in [6.07, 6.45) is 68.0. The highest BCUT2D eigenvalue weighted by Crippen LogP contribution is 2.43. The van der Waals surface area contributed by atoms with Crippen molar-refractivity contribution >= 4 is 13.7 Å². The highest BCUT2D eigenvalue weighted by Gasteiger charge is 2.27. The fraction of sp³-hybridized carbons (Fsp3) is 0.850. The molecule has 0 aliphatic rings. The predicted octanol–water partition coefficient (Wildman–Crippen LogP) is 17.9. The van der Waals surface area contributed by atoms with E-state index in [-0.39, 0.29) is 19.1 Å². The third-order valence-electron chi connectivity index (χ3n) is 13.3. The topological polar surface area (TPSA) is 105 Å². The molecule has 406 valence electrons. The number of quaternary nitrogens is 1. The van der Waals surface area contributed by atoms with Gasteiger partial charge in [-0.05, 0) is 64.2 Å². The standard InChI is InChI=1S/C60H115N2O6P/c1-6-8-10-12-14-16-18-20-22-24-25-26-27-28-29-30-31-32-33-34-35-36-38-39-41-43-45-47-49-51-53-59(63)58(57-68-69(65,66)67-56-55-62(3,4)5)61-60(64)54-52-50-48-46-44-42-40-37-23-21-19-17-15-13-11-9-7-2/h15,17,21,23,43,45,51,53,58-59,63H,6-14,16,18-20,22,24-42,44,46-50,52,54-57H2,1-5H3,(H-,61,64,65,66)/p+1/b17-15-,23-21-,45-43+,53-51+. The summed E-state index contributed by atoms with van der Waals surface area (Å²) < 4.78 is 23.7. The molecule has 0 aromatic heterocycles. The number of aliphatic hydroxyl groups is 1. The van der Waals surface area contributed by atoms with Crippen molar-refractivity contribution in [3.63, 3.8) is 0 Å². The van der Waals surface area contributed by atoms with Crippen LogP contribution in [0.4, 0.5) is 0 Å². The van der Waals surface area contributed by atoms with Crippen molar-refractivity contribution in [2.75, 3.05) is 40.9 Å². The van der Waals surface area contributed by atoms with E-state index in [4.69, 9.17) is 9.05 Å². The highest BCUT2D eigenvalue weighted by molar-refractivity contribution is 7.47. The number of unbranched alkanes of at least 4 members (excludes halogenated alkanes) is 35. The van der Waals surface area contributed by atoms with E-state index in [2.05, 4.69) is 55.6 Å². The molecule has 69 heavy (non-hydrogen) atoms. The van der Waals surface area contributed by atoms with E-state index in [0.29, 0.717) is 17.4 Å². The summed E-state index contributed by atoms with van der Waals surface area (Å²) in [5, 5.41) is 13.9. The minimum Gasteiger partial charge on any atom is -0.387 e. The first kappa shape index (κ1) is 67.5. The zero-order valence-corrected chi connectivity index (χ0v) is 47.2. The molecule has 3 N–H and O–H groups in total. The molecule has 0 saturated heterocycles. The Kier molecular flexibility index (Phi) is 50.2. The van der Waals surface area contributed by atoms with Crippen molar-refractivity contribution in [1.29, 1.82) is 0 Å². The summed E-state index contributed by atoms with van der Waals surface area (Å²) in [6.45, 7) is 4.79. The third-order valence-corrected chi connectivity index (χ3v) is 14.3. The number of carbonyl (C=O) groups excluding carboxylic acids is 1. The molecule has 0 rings (SSSR count). The van der Waals surface area contributed by atoms with Crippen molar-refractivity contribution in [3.8, 4) is 0 Å². The SMILES string of the molecule is CCCCC/C=C\C/C=C\CCCCCCCCCC(=O)NC(COP(=O)(O)OCC[N+](C)(C)C)C(O)/C=C/CC/C=C/CCCCCCCCCCCCCCCCCCCCCCCCCC. The highest BCUT2D eigenvalue weighted by atomic mass is 31.2. The fourth-order valence-electron chi connectivity index (χ4n) is 8.62. The maximum absolute atomic E-state index is 13.0. The van der Waals surface area contributed by atoms with Crippen molar-refractivity contribution in [2.24, 2.45) is 0 Å². The Bertz CT molecular complexity index is 1260. The molecule has 0 bridgehead atoms. The second-order valence-electron chi connectivity index (χ2n) is 21.4. The van der Waals surface area contributed by atoms with E-state index in [1.165, 1.54) is 205 Å². The molecule has 0 aromatic rings. The number of carbonyl (C=O) groups is 1. The number of hydrogen-bond acceptors (Lipinski definition) is 5. The van der Waals surface area contributed by atoms with E-state index in [1.807, 2.05) is 27.2 Å². The van der Waals surface area contributed by atoms with Gasteiger partial charge in [-0.15, -0.1) is 0 Å². The van der Waals surface area contributed by atoms with Gasteiger partial charge in [-0.1, -0.05) is 255 Å². The van der Waals surface area contributed by atoms with E-state index < -0.39 is 20.0 Å². The van der Waals surface area contributed by atoms with Crippen LogP contribution in [0.1, 0.15) is 277 Å². The number of allylic oxidation sites excluding steroid dienone is 7. The van der Waals surface area contributed by atoms with Crippen LogP contribution in [0.2, 0.25) is 0 Å². The molecule has 0 heterocycles. The van der Waals surface area contributed by atoms with Gasteiger partial charge in [-0.25, -0.2) is 4.57 Å². The third kappa shape index (κ3) is 54.1. The minimum atomic E-state index is -4.36. The van der Waals surface area contributed by atoms with E-state index in [9.17, 15) is 19.4 Å². The number of hydrogen-bond donors (Lipinski definition) is 3. The van der Waals surface area contributed by atoms with Crippen LogP contribution in [0, 0.1) is 0 Å². The Hall–Kier alpha value is -1.54. The summed E-state index contributed by atoms with van der Waals surface area (Å²) in [7, 11) is 1.55. The first-order valence-electron chi connectivity index (χ1n) is 29.5. The number of nitrogens with zero attached hydrogens (tertiary/aromatic N) is 1. The summed E-state index contributed by atoms with van der Waals surface area (Å²) in [6, 6.07) is -0.869. The van der Waals surface area contributed by atoms with Crippen molar-refractivity contribution < 1.29 is 32.9 Å². The van der Waals surface area contributed by atoms with Gasteiger partial charge in [0.15, 0.2) is 0 Å². The molecule has 0 spiro atoms. The smallest absolute Gasteiger partial charge is 0.387 e. The van der Waals surface area contributed by atoms with Gasteiger partial charge in [0.2, 0.25) is 5.91 Å². The minimum absolute atomic E-state index is 0.0537. The van der Waals surface area contributed by atoms with Gasteiger partial charge in [-0.3, -0.25) is 13.8 Å². The molecule has 0 aromatic carbocycles. The van der Waals surface area contributed by atoms with Crippen LogP contribution in [-0.2, 0) is 18.4 Å². The van der Waals surface area contributed by atoms with Crippen LogP contribution >= 0.6 is 7.82 Å². The zero-order valence-electron chi connectivity index (χ0n) is 46.3. The van der Waals surface area contributed by atoms with Crippen LogP contribution in [0.5, 0.6) is 0 Å². The van der Waals surface area contributed by atoms with Crippen LogP contribution < -0.4 is 5.32 Å². The number of aliphatic hydroxyl groups excluding tert-OH is 1. The lowest BCUT2D eigenvalue weighted by Crippen LogP contribution is -2.45. The number of likely N-dealkylation sites (N-methyl/N-ethyl adjacent to an activating group) is 1. The second kappa shape index (κ2) is 51.4. The van der Waals surface area contributed by atoms with Gasteiger partial charge in [0, 0.05) is 6.42 Å². The van der Waals surface area contributed by atoms with Gasteiger partial charge < -0.3 is 19.8 Å². The number of rotatable bonds is 54. The molecule has 3 atom stereocenters. The van der Waals surface area contributed by atoms with Crippen molar-refractivity contribution in [2.45, 2.75) is 289 Å². The first-order chi connectivity index (χ1) is 33.5. The number of phosphoric ester groups is 1. The molecule has 8 nitrogen and oxygen atoms in total. The molecule has 0 aliphatic heterocycles. The largest absolute Gasteiger partial charge is 0.472 e. The molecule has 0 radical (unpaired) electrons. The van der Waals surface area contributed by atoms with E-state index in [1.54, 1.807) is 6.08 Å². The summed E-state index contributed by atoms with van der Waals surface area (Å²) in [4.78, 5) is 23.3. The van der Waals surface area contributed by atoms with Crippen LogP contribution in [0.25, 0.3) is 0 Å². The maximum Gasteiger partial charge on any atom is 0.472 e. The van der Waals surface area contributed by atoms with Gasteiger partial charge in [0.05, 0.1) is 39.9 Å². The van der Waals surface area contributed by atoms with Crippen molar-refractivity contribution in [3.05, 3.63) is 48.6 Å². The Labute approximate surface area is 429 Å². The molecule has 0 aliphatic carbocycles. The lowest BCUT2D eigenvalue weighted by atomic mass is 10.0. The van der Waals surface area contributed by atoms with Crippen molar-refractivity contribution in [1.82, 2.24) is 5.32 Å². The van der Waals surface area contributed by atoms with Gasteiger partial charge in [0.1, 0.15) is 13.2 Å². The summed E-state index contributed by atoms with van der Waals surface area (Å²) in [5.41, 5.74) is 0. The quantitative estimate of drug-likeness (QED) is 0.0243. The van der Waals surface area contributed by atoms with Gasteiger partial charge in [0.25, 0.3) is 0 Å². The van der Waals surface area contributed by atoms with E-state index in [0.717, 1.165) is 51.4 Å². The second-order valence-corrected chi connectivity index (χ2v) is 22.8. The summed E-state index contributed by atoms with van der Waals surface area (Å²) >= 11 is 0. The van der Waals surface area contributed by atoms with Gasteiger partial charge >= 0.3 is 7.82 Å². The molecular weight excluding hydrogens is 876 g/mol. The average molecular weight is 993 g/mol. The molecule has 9 heteroatoms. The zero-order chi connectivity index (χ0) is 50.6. The van der Waals surface area contributed by atoms with Crippen LogP contribution in [-0.4, -0.2) is 73.4 Å². The Balaban J connectivity index is 4.18. The number of phosphoric acid groups is 1. The summed E-state index contributed by atoms with van der Waals surface area (Å²) in [5.74, 6) is -0.193. The molecule has 0 fully saturated rings. The number of nitrogens with one attached hydrogen (secondary N) is 1. The fourth-order valence-corrected chi connectivity index (χ4v) is 9.36. The monoisotopic (exact) mass is 992 g/mol. The van der Waals surface area contributed by atoms with Crippen LogP contribution in [0.15, 0.2) is 48.6 Å². The molecular formula is C60H116N2O6P+. The Morgan fingerprint density at radius 1 is 0.493 bits per heavy atom. The molecule has 3 unspecified atom stereocenters. The van der Waals surface area contributed by atoms with Crippen LogP contribution in [0.3, 0.4) is 0 Å². The normalized spacial score (nSPS) is 14.2. The predicted molar refractivity (Wildman–Crippen MR) is 300 cm³/mol.